The van der Waals surface area contributed by atoms with Gasteiger partial charge in [0.25, 0.3) is 0 Å². The molecule has 0 heterocycles. The van der Waals surface area contributed by atoms with Gasteiger partial charge in [-0.25, -0.2) is 0 Å². The Morgan fingerprint density at radius 1 is 0.789 bits per heavy atom. The van der Waals surface area contributed by atoms with Crippen molar-refractivity contribution in [3.63, 3.8) is 0 Å². The van der Waals surface area contributed by atoms with Crippen molar-refractivity contribution in [1.29, 1.82) is 0 Å². The molecule has 0 radical (unpaired) electrons. The summed E-state index contributed by atoms with van der Waals surface area (Å²) in [6.07, 6.45) is 19.3. The van der Waals surface area contributed by atoms with E-state index in [2.05, 4.69) is 33.8 Å². The molecule has 0 aliphatic carbocycles. The molecular weight excluding hydrogens is 228 g/mol. The van der Waals surface area contributed by atoms with Crippen molar-refractivity contribution in [3.8, 4) is 0 Å². The van der Waals surface area contributed by atoms with Gasteiger partial charge in [-0.1, -0.05) is 83.8 Å². The fraction of sp³-hybridized carbons (Fsp3) is 0.895. The minimum atomic E-state index is 0.838. The average Bonchev–Trinajstić information content (AvgIpc) is 2.42. The highest BCUT2D eigenvalue weighted by molar-refractivity contribution is 5.00. The van der Waals surface area contributed by atoms with E-state index < -0.39 is 0 Å². The van der Waals surface area contributed by atoms with Crippen LogP contribution >= 0.6 is 0 Å². The summed E-state index contributed by atoms with van der Waals surface area (Å²) in [5, 5.41) is 0. The van der Waals surface area contributed by atoms with Gasteiger partial charge in [0.2, 0.25) is 0 Å². The molecule has 0 heteroatoms. The second-order valence-corrected chi connectivity index (χ2v) is 6.19. The molecule has 0 spiro atoms. The van der Waals surface area contributed by atoms with Crippen LogP contribution in [0.2, 0.25) is 0 Å². The third kappa shape index (κ3) is 12.5. The van der Waals surface area contributed by atoms with Gasteiger partial charge in [0.1, 0.15) is 0 Å². The molecule has 0 amide bonds. The normalized spacial score (nSPS) is 13.8. The van der Waals surface area contributed by atoms with Gasteiger partial charge in [-0.2, -0.15) is 0 Å². The van der Waals surface area contributed by atoms with Crippen LogP contribution in [0.5, 0.6) is 0 Å². The minimum absolute atomic E-state index is 0.838. The summed E-state index contributed by atoms with van der Waals surface area (Å²) in [7, 11) is 0. The Hall–Kier alpha value is -0.260. The van der Waals surface area contributed by atoms with Gasteiger partial charge in [0.15, 0.2) is 0 Å². The predicted molar refractivity (Wildman–Crippen MR) is 89.7 cm³/mol. The van der Waals surface area contributed by atoms with Gasteiger partial charge in [-0.3, -0.25) is 0 Å². The number of unbranched alkanes of at least 4 members (excludes halogenated alkanes) is 7. The van der Waals surface area contributed by atoms with Crippen LogP contribution in [0, 0.1) is 5.92 Å². The first-order valence-electron chi connectivity index (χ1n) is 8.91. The molecule has 0 aromatic carbocycles. The molecule has 0 aromatic rings. The molecule has 0 aliphatic heterocycles. The Balaban J connectivity index is 3.61. The summed E-state index contributed by atoms with van der Waals surface area (Å²) in [5.41, 5.74) is 1.64. The maximum Gasteiger partial charge on any atom is -0.0234 e. The molecule has 0 nitrogen and oxygen atoms in total. The van der Waals surface area contributed by atoms with Crippen LogP contribution in [-0.4, -0.2) is 0 Å². The van der Waals surface area contributed by atoms with E-state index in [1.165, 1.54) is 77.0 Å². The van der Waals surface area contributed by atoms with Crippen LogP contribution in [0.3, 0.4) is 0 Å². The fourth-order valence-corrected chi connectivity index (χ4v) is 2.72. The molecule has 0 saturated carbocycles. The van der Waals surface area contributed by atoms with E-state index in [4.69, 9.17) is 0 Å². The van der Waals surface area contributed by atoms with Gasteiger partial charge in [-0.15, -0.1) is 0 Å². The first kappa shape index (κ1) is 18.7. The third-order valence-electron chi connectivity index (χ3n) is 4.15. The zero-order chi connectivity index (χ0) is 14.3. The van der Waals surface area contributed by atoms with Crippen molar-refractivity contribution in [2.75, 3.05) is 0 Å². The van der Waals surface area contributed by atoms with E-state index >= 15 is 0 Å². The van der Waals surface area contributed by atoms with Gasteiger partial charge in [0.05, 0.1) is 0 Å². The SMILES string of the molecule is CCCCCCCCC/C(C)=C/C(CC)CCCC. The molecule has 0 aliphatic rings. The monoisotopic (exact) mass is 266 g/mol. The zero-order valence-electron chi connectivity index (χ0n) is 14.1. The van der Waals surface area contributed by atoms with Crippen molar-refractivity contribution >= 4 is 0 Å². The lowest BCUT2D eigenvalue weighted by atomic mass is 9.95. The molecule has 19 heavy (non-hydrogen) atoms. The Kier molecular flexibility index (Phi) is 14.0. The van der Waals surface area contributed by atoms with Crippen LogP contribution in [0.15, 0.2) is 11.6 Å². The lowest BCUT2D eigenvalue weighted by Gasteiger charge is -2.11. The van der Waals surface area contributed by atoms with Crippen LogP contribution in [0.1, 0.15) is 105 Å². The van der Waals surface area contributed by atoms with Crippen LogP contribution in [-0.2, 0) is 0 Å². The number of allylic oxidation sites excluding steroid dienone is 2. The van der Waals surface area contributed by atoms with Crippen molar-refractivity contribution in [2.45, 2.75) is 105 Å². The smallest absolute Gasteiger partial charge is 0.0234 e. The standard InChI is InChI=1S/C19H38/c1-5-8-10-11-12-13-14-15-18(4)17-19(7-3)16-9-6-2/h17,19H,5-16H2,1-4H3/b18-17+. The van der Waals surface area contributed by atoms with E-state index in [1.807, 2.05) is 0 Å². The molecule has 0 fully saturated rings. The Bertz CT molecular complexity index is 202. The number of hydrogen-bond donors (Lipinski definition) is 0. The molecule has 0 saturated heterocycles. The molecule has 0 aromatic heterocycles. The quantitative estimate of drug-likeness (QED) is 0.242. The lowest BCUT2D eigenvalue weighted by molar-refractivity contribution is 0.534. The molecule has 1 atom stereocenters. The molecule has 1 unspecified atom stereocenters. The predicted octanol–water partition coefficient (Wildman–Crippen LogP) is 7.29. The first-order valence-corrected chi connectivity index (χ1v) is 8.91. The first-order chi connectivity index (χ1) is 9.24. The molecule has 0 rings (SSSR count). The second-order valence-electron chi connectivity index (χ2n) is 6.19. The van der Waals surface area contributed by atoms with Gasteiger partial charge >= 0.3 is 0 Å². The van der Waals surface area contributed by atoms with Gasteiger partial charge < -0.3 is 0 Å². The van der Waals surface area contributed by atoms with E-state index in [0.29, 0.717) is 0 Å². The third-order valence-corrected chi connectivity index (χ3v) is 4.15. The Morgan fingerprint density at radius 2 is 1.37 bits per heavy atom. The summed E-state index contributed by atoms with van der Waals surface area (Å²) in [5.74, 6) is 0.838. The summed E-state index contributed by atoms with van der Waals surface area (Å²) in [6, 6.07) is 0. The summed E-state index contributed by atoms with van der Waals surface area (Å²) < 4.78 is 0. The summed E-state index contributed by atoms with van der Waals surface area (Å²) in [4.78, 5) is 0. The molecular formula is C19H38. The molecule has 0 bridgehead atoms. The highest BCUT2D eigenvalue weighted by atomic mass is 14.1. The average molecular weight is 267 g/mol. The Morgan fingerprint density at radius 3 is 1.95 bits per heavy atom. The van der Waals surface area contributed by atoms with Crippen molar-refractivity contribution in [2.24, 2.45) is 5.92 Å². The molecule has 114 valence electrons. The topological polar surface area (TPSA) is 0 Å². The number of hydrogen-bond acceptors (Lipinski definition) is 0. The van der Waals surface area contributed by atoms with Crippen LogP contribution in [0.25, 0.3) is 0 Å². The maximum atomic E-state index is 2.56. The summed E-state index contributed by atoms with van der Waals surface area (Å²) in [6.45, 7) is 9.25. The lowest BCUT2D eigenvalue weighted by Crippen LogP contribution is -1.96. The van der Waals surface area contributed by atoms with E-state index in [0.717, 1.165) is 5.92 Å². The van der Waals surface area contributed by atoms with Crippen molar-refractivity contribution < 1.29 is 0 Å². The Labute approximate surface area is 123 Å². The van der Waals surface area contributed by atoms with Crippen molar-refractivity contribution in [1.82, 2.24) is 0 Å². The van der Waals surface area contributed by atoms with Crippen molar-refractivity contribution in [3.05, 3.63) is 11.6 Å². The largest absolute Gasteiger partial charge is 0.0825 e. The highest BCUT2D eigenvalue weighted by Crippen LogP contribution is 2.19. The minimum Gasteiger partial charge on any atom is -0.0825 e. The molecule has 0 N–H and O–H groups in total. The van der Waals surface area contributed by atoms with E-state index in [9.17, 15) is 0 Å². The maximum absolute atomic E-state index is 2.56. The second kappa shape index (κ2) is 14.2. The van der Waals surface area contributed by atoms with Gasteiger partial charge in [-0.05, 0) is 38.5 Å². The zero-order valence-corrected chi connectivity index (χ0v) is 14.1. The van der Waals surface area contributed by atoms with Crippen LogP contribution in [0.4, 0.5) is 0 Å². The van der Waals surface area contributed by atoms with Crippen LogP contribution < -0.4 is 0 Å². The number of rotatable bonds is 13. The summed E-state index contributed by atoms with van der Waals surface area (Å²) >= 11 is 0. The fourth-order valence-electron chi connectivity index (χ4n) is 2.72. The van der Waals surface area contributed by atoms with Gasteiger partial charge in [0, 0.05) is 0 Å². The highest BCUT2D eigenvalue weighted by Gasteiger charge is 2.02. The van der Waals surface area contributed by atoms with E-state index in [1.54, 1.807) is 5.57 Å². The van der Waals surface area contributed by atoms with E-state index in [-0.39, 0.29) is 0 Å².